The van der Waals surface area contributed by atoms with E-state index >= 15 is 0 Å². The van der Waals surface area contributed by atoms with Gasteiger partial charge in [0.2, 0.25) is 10.0 Å². The van der Waals surface area contributed by atoms with Gasteiger partial charge < -0.3 is 5.11 Å². The Labute approximate surface area is 92.1 Å². The molecule has 15 heavy (non-hydrogen) atoms. The first-order chi connectivity index (χ1) is 7.03. The lowest BCUT2D eigenvalue weighted by Gasteiger charge is -2.26. The van der Waals surface area contributed by atoms with Crippen LogP contribution in [0.2, 0.25) is 0 Å². The highest BCUT2D eigenvalue weighted by Crippen LogP contribution is 2.27. The average Bonchev–Trinajstić information content (AvgIpc) is 2.15. The van der Waals surface area contributed by atoms with Gasteiger partial charge in [-0.15, -0.1) is 0 Å². The molecule has 1 saturated carbocycles. The zero-order chi connectivity index (χ0) is 11.3. The van der Waals surface area contributed by atoms with Gasteiger partial charge in [-0.3, -0.25) is 0 Å². The summed E-state index contributed by atoms with van der Waals surface area (Å²) in [5.41, 5.74) is 0. The van der Waals surface area contributed by atoms with Gasteiger partial charge in [-0.2, -0.15) is 0 Å². The Kier molecular flexibility index (Phi) is 5.02. The van der Waals surface area contributed by atoms with E-state index in [9.17, 15) is 8.42 Å². The van der Waals surface area contributed by atoms with Crippen molar-refractivity contribution in [1.29, 1.82) is 0 Å². The van der Waals surface area contributed by atoms with E-state index in [1.54, 1.807) is 0 Å². The minimum absolute atomic E-state index is 0.185. The van der Waals surface area contributed by atoms with Gasteiger partial charge in [0.1, 0.15) is 0 Å². The molecule has 0 radical (unpaired) electrons. The van der Waals surface area contributed by atoms with Crippen LogP contribution >= 0.6 is 0 Å². The first-order valence-corrected chi connectivity index (χ1v) is 7.27. The van der Waals surface area contributed by atoms with E-state index in [0.29, 0.717) is 18.4 Å². The summed E-state index contributed by atoms with van der Waals surface area (Å²) in [5.74, 6) is 1.00. The highest BCUT2D eigenvalue weighted by atomic mass is 32.2. The molecule has 1 rings (SSSR count). The van der Waals surface area contributed by atoms with Crippen molar-refractivity contribution in [2.45, 2.75) is 32.6 Å². The van der Waals surface area contributed by atoms with E-state index in [1.807, 2.05) is 0 Å². The lowest BCUT2D eigenvalue weighted by Crippen LogP contribution is -2.33. The largest absolute Gasteiger partial charge is 0.395 e. The average molecular weight is 235 g/mol. The number of nitrogens with one attached hydrogen (secondary N) is 1. The zero-order valence-corrected chi connectivity index (χ0v) is 10.1. The predicted octanol–water partition coefficient (Wildman–Crippen LogP) is 0.724. The Balaban J connectivity index is 2.30. The molecule has 5 heteroatoms. The van der Waals surface area contributed by atoms with Gasteiger partial charge in [-0.05, 0) is 24.7 Å². The van der Waals surface area contributed by atoms with Gasteiger partial charge in [-0.25, -0.2) is 13.1 Å². The van der Waals surface area contributed by atoms with Crippen LogP contribution < -0.4 is 4.72 Å². The molecule has 1 aliphatic carbocycles. The Hall–Kier alpha value is -0.130. The molecule has 0 spiro atoms. The van der Waals surface area contributed by atoms with Gasteiger partial charge in [0.25, 0.3) is 0 Å². The van der Waals surface area contributed by atoms with Gasteiger partial charge in [0.05, 0.1) is 12.4 Å². The maximum absolute atomic E-state index is 11.3. The summed E-state index contributed by atoms with van der Waals surface area (Å²) in [6, 6.07) is 0. The predicted molar refractivity (Wildman–Crippen MR) is 60.0 cm³/mol. The van der Waals surface area contributed by atoms with Gasteiger partial charge in [0, 0.05) is 6.54 Å². The number of sulfonamides is 1. The second-order valence-electron chi connectivity index (χ2n) is 4.53. The zero-order valence-electron chi connectivity index (χ0n) is 9.28. The van der Waals surface area contributed by atoms with Gasteiger partial charge in [-0.1, -0.05) is 19.8 Å². The van der Waals surface area contributed by atoms with E-state index in [2.05, 4.69) is 11.6 Å². The van der Waals surface area contributed by atoms with Crippen molar-refractivity contribution in [3.63, 3.8) is 0 Å². The highest BCUT2D eigenvalue weighted by molar-refractivity contribution is 7.89. The van der Waals surface area contributed by atoms with Crippen LogP contribution in [0, 0.1) is 11.8 Å². The van der Waals surface area contributed by atoms with Crippen LogP contribution in [0.25, 0.3) is 0 Å². The topological polar surface area (TPSA) is 66.4 Å². The fourth-order valence-electron chi connectivity index (χ4n) is 2.18. The Morgan fingerprint density at radius 1 is 1.40 bits per heavy atom. The summed E-state index contributed by atoms with van der Waals surface area (Å²) in [5, 5.41) is 8.56. The molecule has 2 atom stereocenters. The van der Waals surface area contributed by atoms with Crippen molar-refractivity contribution in [3.8, 4) is 0 Å². The Morgan fingerprint density at radius 2 is 2.13 bits per heavy atom. The number of hydrogen-bond donors (Lipinski definition) is 2. The SMILES string of the molecule is CC1CCCC(CNS(=O)(=O)CCO)C1. The third-order valence-corrected chi connectivity index (χ3v) is 4.32. The molecule has 0 aromatic carbocycles. The van der Waals surface area contributed by atoms with Crippen molar-refractivity contribution in [2.24, 2.45) is 11.8 Å². The Bertz CT molecular complexity index is 276. The smallest absolute Gasteiger partial charge is 0.213 e. The molecule has 0 amide bonds. The number of rotatable bonds is 5. The van der Waals surface area contributed by atoms with Crippen molar-refractivity contribution >= 4 is 10.0 Å². The van der Waals surface area contributed by atoms with Gasteiger partial charge in [0.15, 0.2) is 0 Å². The molecule has 0 saturated heterocycles. The van der Waals surface area contributed by atoms with Crippen molar-refractivity contribution < 1.29 is 13.5 Å². The van der Waals surface area contributed by atoms with Crippen LogP contribution in [0.4, 0.5) is 0 Å². The number of aliphatic hydroxyl groups is 1. The first-order valence-electron chi connectivity index (χ1n) is 5.61. The maximum atomic E-state index is 11.3. The summed E-state index contributed by atoms with van der Waals surface area (Å²) in [6.07, 6.45) is 4.70. The lowest BCUT2D eigenvalue weighted by atomic mass is 9.83. The lowest BCUT2D eigenvalue weighted by molar-refractivity contribution is 0.282. The molecule has 0 bridgehead atoms. The van der Waals surface area contributed by atoms with Crippen LogP contribution in [0.1, 0.15) is 32.6 Å². The monoisotopic (exact) mass is 235 g/mol. The molecule has 2 unspecified atom stereocenters. The molecule has 1 fully saturated rings. The summed E-state index contributed by atoms with van der Waals surface area (Å²) in [7, 11) is -3.25. The second kappa shape index (κ2) is 5.82. The Morgan fingerprint density at radius 3 is 2.73 bits per heavy atom. The first kappa shape index (κ1) is 12.9. The fraction of sp³-hybridized carbons (Fsp3) is 1.00. The minimum Gasteiger partial charge on any atom is -0.395 e. The number of aliphatic hydroxyl groups excluding tert-OH is 1. The highest BCUT2D eigenvalue weighted by Gasteiger charge is 2.20. The molecule has 0 aliphatic heterocycles. The van der Waals surface area contributed by atoms with Crippen molar-refractivity contribution in [2.75, 3.05) is 18.9 Å². The van der Waals surface area contributed by atoms with Crippen LogP contribution in [0.3, 0.4) is 0 Å². The van der Waals surface area contributed by atoms with Crippen molar-refractivity contribution in [3.05, 3.63) is 0 Å². The molecule has 4 nitrogen and oxygen atoms in total. The fourth-order valence-corrected chi connectivity index (χ4v) is 3.06. The molecule has 0 aromatic rings. The summed E-state index contributed by atoms with van der Waals surface area (Å²) >= 11 is 0. The third-order valence-electron chi connectivity index (χ3n) is 3.00. The molecule has 0 heterocycles. The van der Waals surface area contributed by atoms with Crippen LogP contribution in [0.5, 0.6) is 0 Å². The van der Waals surface area contributed by atoms with Gasteiger partial charge >= 0.3 is 0 Å². The quantitative estimate of drug-likeness (QED) is 0.738. The van der Waals surface area contributed by atoms with E-state index in [1.165, 1.54) is 12.8 Å². The summed E-state index contributed by atoms with van der Waals surface area (Å²) in [4.78, 5) is 0. The molecule has 0 aromatic heterocycles. The molecular weight excluding hydrogens is 214 g/mol. The molecule has 90 valence electrons. The third kappa shape index (κ3) is 4.95. The van der Waals surface area contributed by atoms with Crippen LogP contribution in [-0.4, -0.2) is 32.4 Å². The minimum atomic E-state index is -3.25. The summed E-state index contributed by atoms with van der Waals surface area (Å²) < 4.78 is 25.1. The van der Waals surface area contributed by atoms with Crippen LogP contribution in [0.15, 0.2) is 0 Å². The molecule has 2 N–H and O–H groups in total. The van der Waals surface area contributed by atoms with Crippen LogP contribution in [-0.2, 0) is 10.0 Å². The van der Waals surface area contributed by atoms with E-state index in [0.717, 1.165) is 12.8 Å². The van der Waals surface area contributed by atoms with E-state index in [-0.39, 0.29) is 12.4 Å². The van der Waals surface area contributed by atoms with E-state index in [4.69, 9.17) is 5.11 Å². The molecular formula is C10H21NO3S. The molecule has 1 aliphatic rings. The maximum Gasteiger partial charge on any atom is 0.213 e. The van der Waals surface area contributed by atoms with E-state index < -0.39 is 10.0 Å². The number of hydrogen-bond acceptors (Lipinski definition) is 3. The second-order valence-corrected chi connectivity index (χ2v) is 6.46. The standard InChI is InChI=1S/C10H21NO3S/c1-9-3-2-4-10(7-9)8-11-15(13,14)6-5-12/h9-12H,2-8H2,1H3. The van der Waals surface area contributed by atoms with Crippen molar-refractivity contribution in [1.82, 2.24) is 4.72 Å². The summed E-state index contributed by atoms with van der Waals surface area (Å²) in [6.45, 7) is 2.44. The normalized spacial score (nSPS) is 27.9.